The summed E-state index contributed by atoms with van der Waals surface area (Å²) < 4.78 is 21.0. The van der Waals surface area contributed by atoms with Gasteiger partial charge in [-0.2, -0.15) is 0 Å². The van der Waals surface area contributed by atoms with Crippen LogP contribution in [0.5, 0.6) is 0 Å². The molecule has 0 aliphatic carbocycles. The number of hydrogen-bond donors (Lipinski definition) is 10. The molecule has 0 aromatic carbocycles. The van der Waals surface area contributed by atoms with E-state index in [1.54, 1.807) is 0 Å². The number of methoxy groups -OCH3 is 2. The minimum Gasteiger partial charge on any atom is -0.394 e. The Kier molecular flexibility index (Phi) is 8.97. The molecular weight excluding hydrogens is 440 g/mol. The van der Waals surface area contributed by atoms with Gasteiger partial charge < -0.3 is 70.0 Å². The van der Waals surface area contributed by atoms with Crippen LogP contribution in [-0.2, 0) is 18.9 Å². The third-order valence-electron chi connectivity index (χ3n) is 6.42. The van der Waals surface area contributed by atoms with Gasteiger partial charge in [0.25, 0.3) is 0 Å². The second-order valence-corrected chi connectivity index (χ2v) is 8.19. The zero-order valence-electron chi connectivity index (χ0n) is 17.9. The van der Waals surface area contributed by atoms with Crippen LogP contribution in [0.15, 0.2) is 0 Å². The Labute approximate surface area is 183 Å². The highest BCUT2D eigenvalue weighted by atomic mass is 16.7. The number of aliphatic hydroxyl groups is 10. The SMILES string of the molecule is COC(OC)C(C(C)[C@@]1(O)O[C@H](CO)[C@@H](O)[C@H](O)[C@@H]1O)[C@@]1(O)O[C@H](CO)[C@@H](O)[C@H](O)[C@@H]1O. The summed E-state index contributed by atoms with van der Waals surface area (Å²) in [6, 6.07) is 0. The first-order chi connectivity index (χ1) is 14.8. The smallest absolute Gasteiger partial charge is 0.203 e. The molecule has 32 heavy (non-hydrogen) atoms. The summed E-state index contributed by atoms with van der Waals surface area (Å²) in [6.07, 6.45) is -16.6. The summed E-state index contributed by atoms with van der Waals surface area (Å²) in [5, 5.41) is 103. The molecule has 0 spiro atoms. The highest BCUT2D eigenvalue weighted by Gasteiger charge is 2.65. The monoisotopic (exact) mass is 474 g/mol. The Hall–Kier alpha value is -0.560. The molecule has 14 nitrogen and oxygen atoms in total. The predicted molar refractivity (Wildman–Crippen MR) is 100 cm³/mol. The lowest BCUT2D eigenvalue weighted by molar-refractivity contribution is -0.424. The Balaban J connectivity index is 2.57. The van der Waals surface area contributed by atoms with E-state index >= 15 is 0 Å². The molecule has 0 amide bonds. The van der Waals surface area contributed by atoms with Gasteiger partial charge in [0.15, 0.2) is 12.1 Å². The van der Waals surface area contributed by atoms with Gasteiger partial charge >= 0.3 is 0 Å². The fourth-order valence-corrected chi connectivity index (χ4v) is 4.45. The van der Waals surface area contributed by atoms with Crippen molar-refractivity contribution in [3.63, 3.8) is 0 Å². The van der Waals surface area contributed by atoms with Crippen LogP contribution in [-0.4, -0.2) is 145 Å². The molecule has 0 bridgehead atoms. The summed E-state index contributed by atoms with van der Waals surface area (Å²) in [6.45, 7) is -0.541. The van der Waals surface area contributed by atoms with Crippen molar-refractivity contribution in [2.24, 2.45) is 11.8 Å². The molecule has 0 aromatic heterocycles. The maximum absolute atomic E-state index is 11.3. The van der Waals surface area contributed by atoms with Crippen molar-refractivity contribution >= 4 is 0 Å². The van der Waals surface area contributed by atoms with Crippen LogP contribution in [0.2, 0.25) is 0 Å². The summed E-state index contributed by atoms with van der Waals surface area (Å²) in [5.41, 5.74) is 0. The molecule has 0 radical (unpaired) electrons. The second-order valence-electron chi connectivity index (χ2n) is 8.19. The van der Waals surface area contributed by atoms with E-state index in [1.807, 2.05) is 0 Å². The van der Waals surface area contributed by atoms with Crippen LogP contribution in [0.25, 0.3) is 0 Å². The molecule has 2 aliphatic heterocycles. The van der Waals surface area contributed by atoms with Gasteiger partial charge in [-0.3, -0.25) is 0 Å². The normalized spacial score (nSPS) is 47.4. The van der Waals surface area contributed by atoms with Gasteiger partial charge in [0.2, 0.25) is 5.79 Å². The molecule has 2 heterocycles. The molecule has 10 N–H and O–H groups in total. The second kappa shape index (κ2) is 10.4. The van der Waals surface area contributed by atoms with E-state index in [1.165, 1.54) is 6.92 Å². The van der Waals surface area contributed by atoms with E-state index in [9.17, 15) is 51.1 Å². The van der Waals surface area contributed by atoms with Gasteiger partial charge in [-0.05, 0) is 0 Å². The van der Waals surface area contributed by atoms with Crippen LogP contribution < -0.4 is 0 Å². The van der Waals surface area contributed by atoms with E-state index in [-0.39, 0.29) is 0 Å². The van der Waals surface area contributed by atoms with Gasteiger partial charge in [-0.15, -0.1) is 0 Å². The van der Waals surface area contributed by atoms with Gasteiger partial charge in [0.05, 0.1) is 19.1 Å². The summed E-state index contributed by atoms with van der Waals surface area (Å²) in [5.74, 6) is -8.93. The van der Waals surface area contributed by atoms with Crippen LogP contribution in [0.4, 0.5) is 0 Å². The molecule has 0 aromatic rings. The lowest BCUT2D eigenvalue weighted by atomic mass is 9.72. The third kappa shape index (κ3) is 4.42. The summed E-state index contributed by atoms with van der Waals surface area (Å²) in [4.78, 5) is 0. The van der Waals surface area contributed by atoms with E-state index in [2.05, 4.69) is 0 Å². The summed E-state index contributed by atoms with van der Waals surface area (Å²) in [7, 11) is 2.27. The van der Waals surface area contributed by atoms with E-state index in [0.717, 1.165) is 14.2 Å². The van der Waals surface area contributed by atoms with Gasteiger partial charge in [-0.25, -0.2) is 0 Å². The van der Waals surface area contributed by atoms with E-state index in [0.29, 0.717) is 0 Å². The molecule has 2 rings (SSSR count). The fraction of sp³-hybridized carbons (Fsp3) is 1.00. The highest BCUT2D eigenvalue weighted by Crippen LogP contribution is 2.46. The lowest BCUT2D eigenvalue weighted by Gasteiger charge is -2.55. The first-order valence-corrected chi connectivity index (χ1v) is 10.0. The van der Waals surface area contributed by atoms with Crippen molar-refractivity contribution in [1.82, 2.24) is 0 Å². The number of rotatable bonds is 8. The minimum absolute atomic E-state index is 0.858. The van der Waals surface area contributed by atoms with Crippen LogP contribution in [0.1, 0.15) is 6.92 Å². The quantitative estimate of drug-likeness (QED) is 0.147. The zero-order chi connectivity index (χ0) is 24.6. The van der Waals surface area contributed by atoms with Crippen LogP contribution >= 0.6 is 0 Å². The van der Waals surface area contributed by atoms with Gasteiger partial charge in [0, 0.05) is 20.1 Å². The molecule has 0 saturated carbocycles. The topological polar surface area (TPSA) is 239 Å². The van der Waals surface area contributed by atoms with Crippen molar-refractivity contribution in [1.29, 1.82) is 0 Å². The van der Waals surface area contributed by atoms with Crippen molar-refractivity contribution in [2.45, 2.75) is 73.6 Å². The van der Waals surface area contributed by atoms with Crippen molar-refractivity contribution in [3.8, 4) is 0 Å². The Morgan fingerprint density at radius 1 is 0.719 bits per heavy atom. The van der Waals surface area contributed by atoms with Crippen LogP contribution in [0, 0.1) is 11.8 Å². The number of ether oxygens (including phenoxy) is 4. The van der Waals surface area contributed by atoms with Crippen molar-refractivity contribution in [3.05, 3.63) is 0 Å². The third-order valence-corrected chi connectivity index (χ3v) is 6.42. The molecule has 2 saturated heterocycles. The van der Waals surface area contributed by atoms with Gasteiger partial charge in [-0.1, -0.05) is 6.92 Å². The van der Waals surface area contributed by atoms with Crippen molar-refractivity contribution in [2.75, 3.05) is 27.4 Å². The average Bonchev–Trinajstić information content (AvgIpc) is 2.78. The Morgan fingerprint density at radius 3 is 1.47 bits per heavy atom. The first kappa shape index (κ1) is 27.7. The largest absolute Gasteiger partial charge is 0.394 e. The standard InChI is InChI=1S/C18H34O14/c1-6(17(27)14(25)12(23)10(21)7(4-19)31-17)9(16(29-2)30-3)18(28)15(26)13(24)11(22)8(5-20)32-18/h6-16,19-28H,4-5H2,1-3H3/t6?,7-,8-,9?,10-,11-,12+,13+,14+,15+,17-,18-/m1/s1. The van der Waals surface area contributed by atoms with Crippen LogP contribution in [0.3, 0.4) is 0 Å². The number of aliphatic hydroxyl groups excluding tert-OH is 8. The number of hydrogen-bond acceptors (Lipinski definition) is 14. The molecule has 14 heteroatoms. The van der Waals surface area contributed by atoms with Crippen molar-refractivity contribution < 1.29 is 70.0 Å². The van der Waals surface area contributed by atoms with E-state index in [4.69, 9.17) is 18.9 Å². The Bertz CT molecular complexity index is 602. The molecule has 12 atom stereocenters. The maximum atomic E-state index is 11.3. The molecule has 2 fully saturated rings. The highest BCUT2D eigenvalue weighted by molar-refractivity contribution is 5.06. The lowest BCUT2D eigenvalue weighted by Crippen LogP contribution is -2.74. The average molecular weight is 474 g/mol. The minimum atomic E-state index is -2.86. The zero-order valence-corrected chi connectivity index (χ0v) is 17.9. The summed E-state index contributed by atoms with van der Waals surface area (Å²) >= 11 is 0. The molecule has 2 aliphatic rings. The Morgan fingerprint density at radius 2 is 1.09 bits per heavy atom. The first-order valence-electron chi connectivity index (χ1n) is 10.0. The van der Waals surface area contributed by atoms with E-state index < -0.39 is 91.7 Å². The molecular formula is C18H34O14. The van der Waals surface area contributed by atoms with Gasteiger partial charge in [0.1, 0.15) is 48.8 Å². The fourth-order valence-electron chi connectivity index (χ4n) is 4.45. The maximum Gasteiger partial charge on any atom is 0.203 e. The molecule has 190 valence electrons. The molecule has 2 unspecified atom stereocenters. The predicted octanol–water partition coefficient (Wildman–Crippen LogP) is -5.82.